The number of rotatable bonds is 13. The standard InChI is InChI=1S/C14H29O.O.Sn.H/c1-3-5-7-8-9-11-13-14(15)12-10-6-4-2;;;/h14H,3-13H2,1-2H3;;;/q-1;;+1;. The van der Waals surface area contributed by atoms with Gasteiger partial charge in [-0.15, -0.1) is 0 Å². The van der Waals surface area contributed by atoms with Gasteiger partial charge in [-0.3, -0.25) is 0 Å². The van der Waals surface area contributed by atoms with E-state index in [-0.39, 0.29) is 0 Å². The molecular formula is C14H30O2Sn. The molecular weight excluding hydrogens is 319 g/mol. The van der Waals surface area contributed by atoms with Crippen LogP contribution in [0.15, 0.2) is 0 Å². The topological polar surface area (TPSA) is 26.3 Å². The molecule has 2 nitrogen and oxygen atoms in total. The molecule has 3 heteroatoms. The molecule has 0 N–H and O–H groups in total. The van der Waals surface area contributed by atoms with Crippen molar-refractivity contribution in [1.29, 1.82) is 0 Å². The Labute approximate surface area is 118 Å². The third-order valence-corrected chi connectivity index (χ3v) is 4.67. The molecule has 0 amide bonds. The van der Waals surface area contributed by atoms with Gasteiger partial charge in [0.15, 0.2) is 0 Å². The van der Waals surface area contributed by atoms with Gasteiger partial charge in [0.2, 0.25) is 0 Å². The van der Waals surface area contributed by atoms with Gasteiger partial charge in [-0.2, -0.15) is 0 Å². The molecule has 0 bridgehead atoms. The molecule has 17 heavy (non-hydrogen) atoms. The molecule has 0 fully saturated rings. The summed E-state index contributed by atoms with van der Waals surface area (Å²) in [5, 5.41) is 0. The van der Waals surface area contributed by atoms with Crippen molar-refractivity contribution in [3.05, 3.63) is 0 Å². The zero-order valence-corrected chi connectivity index (χ0v) is 15.0. The quantitative estimate of drug-likeness (QED) is 0.364. The van der Waals surface area contributed by atoms with Crippen LogP contribution in [-0.2, 0) is 6.15 Å². The van der Waals surface area contributed by atoms with Gasteiger partial charge in [-0.25, -0.2) is 0 Å². The van der Waals surface area contributed by atoms with E-state index in [1.165, 1.54) is 57.8 Å². The Hall–Kier alpha value is 0.559. The fourth-order valence-corrected chi connectivity index (χ4v) is 3.36. The van der Waals surface area contributed by atoms with Crippen LogP contribution in [0.4, 0.5) is 0 Å². The summed E-state index contributed by atoms with van der Waals surface area (Å²) < 4.78 is 16.2. The van der Waals surface area contributed by atoms with E-state index in [9.17, 15) is 3.08 Å². The molecule has 0 aromatic rings. The summed E-state index contributed by atoms with van der Waals surface area (Å²) in [6.07, 6.45) is 14.3. The minimum atomic E-state index is -1.87. The van der Waals surface area contributed by atoms with Crippen LogP contribution in [-0.4, -0.2) is 27.6 Å². The molecule has 1 unspecified atom stereocenters. The van der Waals surface area contributed by atoms with Crippen molar-refractivity contribution in [1.82, 2.24) is 0 Å². The predicted octanol–water partition coefficient (Wildman–Crippen LogP) is 4.40. The Kier molecular flexibility index (Phi) is 15.1. The summed E-state index contributed by atoms with van der Waals surface area (Å²) in [6.45, 7) is 4.47. The van der Waals surface area contributed by atoms with Crippen LogP contribution in [0.5, 0.6) is 0 Å². The number of unbranched alkanes of at least 4 members (excludes halogenated alkanes) is 7. The third kappa shape index (κ3) is 12.8. The molecule has 0 aliphatic heterocycles. The summed E-state index contributed by atoms with van der Waals surface area (Å²) in [5.74, 6) is 0. The monoisotopic (exact) mass is 350 g/mol. The predicted molar refractivity (Wildman–Crippen MR) is 74.8 cm³/mol. The number of hydrogen-bond acceptors (Lipinski definition) is 2. The van der Waals surface area contributed by atoms with E-state index in [0.717, 1.165) is 12.8 Å². The van der Waals surface area contributed by atoms with Crippen LogP contribution < -0.4 is 0 Å². The van der Waals surface area contributed by atoms with Crippen molar-refractivity contribution in [3.63, 3.8) is 0 Å². The first-order valence-electron chi connectivity index (χ1n) is 7.44. The Bertz CT molecular complexity index is 162. The first kappa shape index (κ1) is 17.6. The van der Waals surface area contributed by atoms with Crippen LogP contribution >= 0.6 is 0 Å². The Morgan fingerprint density at radius 1 is 0.824 bits per heavy atom. The molecule has 1 atom stereocenters. The van der Waals surface area contributed by atoms with Gasteiger partial charge in [-0.1, -0.05) is 0 Å². The van der Waals surface area contributed by atoms with Gasteiger partial charge < -0.3 is 0 Å². The third-order valence-electron chi connectivity index (χ3n) is 3.26. The summed E-state index contributed by atoms with van der Waals surface area (Å²) in [4.78, 5) is 0. The molecule has 0 aromatic carbocycles. The molecule has 0 aliphatic carbocycles. The molecule has 102 valence electrons. The molecule has 0 heterocycles. The molecule has 0 spiro atoms. The second kappa shape index (κ2) is 14.6. The van der Waals surface area contributed by atoms with E-state index >= 15 is 0 Å². The van der Waals surface area contributed by atoms with Crippen LogP contribution in [0.2, 0.25) is 0 Å². The average Bonchev–Trinajstić information content (AvgIpc) is 2.34. The van der Waals surface area contributed by atoms with Gasteiger partial charge in [-0.05, 0) is 0 Å². The molecule has 0 aliphatic rings. The molecule has 0 saturated heterocycles. The van der Waals surface area contributed by atoms with Crippen molar-refractivity contribution >= 4 is 21.5 Å². The van der Waals surface area contributed by atoms with Crippen LogP contribution in [0.1, 0.15) is 84.5 Å². The maximum absolute atomic E-state index is 10.7. The van der Waals surface area contributed by atoms with Crippen molar-refractivity contribution in [3.8, 4) is 0 Å². The van der Waals surface area contributed by atoms with Crippen LogP contribution in [0.3, 0.4) is 0 Å². The Balaban J connectivity index is 3.44. The number of hydrogen-bond donors (Lipinski definition) is 0. The van der Waals surface area contributed by atoms with E-state index in [1.807, 2.05) is 0 Å². The fraction of sp³-hybridized carbons (Fsp3) is 1.00. The first-order valence-corrected chi connectivity index (χ1v) is 10.1. The van der Waals surface area contributed by atoms with Gasteiger partial charge in [0, 0.05) is 0 Å². The second-order valence-corrected chi connectivity index (χ2v) is 6.23. The zero-order valence-electron chi connectivity index (χ0n) is 11.7. The van der Waals surface area contributed by atoms with E-state index in [4.69, 9.17) is 3.07 Å². The summed E-state index contributed by atoms with van der Waals surface area (Å²) >= 11 is -1.87. The summed E-state index contributed by atoms with van der Waals surface area (Å²) in [6, 6.07) is 0. The van der Waals surface area contributed by atoms with E-state index in [2.05, 4.69) is 13.8 Å². The van der Waals surface area contributed by atoms with Crippen LogP contribution in [0, 0.1) is 0 Å². The van der Waals surface area contributed by atoms with Gasteiger partial charge >= 0.3 is 118 Å². The maximum atomic E-state index is 10.7. The Morgan fingerprint density at radius 3 is 1.88 bits per heavy atom. The summed E-state index contributed by atoms with van der Waals surface area (Å²) in [7, 11) is 0. The normalized spacial score (nSPS) is 12.6. The van der Waals surface area contributed by atoms with Gasteiger partial charge in [0.1, 0.15) is 0 Å². The van der Waals surface area contributed by atoms with Gasteiger partial charge in [0.25, 0.3) is 0 Å². The van der Waals surface area contributed by atoms with E-state index in [0.29, 0.717) is 6.10 Å². The van der Waals surface area contributed by atoms with Gasteiger partial charge in [0.05, 0.1) is 0 Å². The average molecular weight is 349 g/mol. The molecule has 0 radical (unpaired) electrons. The Morgan fingerprint density at radius 2 is 1.29 bits per heavy atom. The molecule has 0 saturated carbocycles. The van der Waals surface area contributed by atoms with E-state index in [1.54, 1.807) is 0 Å². The summed E-state index contributed by atoms with van der Waals surface area (Å²) in [5.41, 5.74) is 0. The van der Waals surface area contributed by atoms with Crippen molar-refractivity contribution in [2.75, 3.05) is 0 Å². The molecule has 0 aromatic heterocycles. The van der Waals surface area contributed by atoms with E-state index < -0.39 is 21.5 Å². The van der Waals surface area contributed by atoms with Crippen molar-refractivity contribution in [2.45, 2.75) is 90.6 Å². The first-order chi connectivity index (χ1) is 8.35. The van der Waals surface area contributed by atoms with Crippen molar-refractivity contribution < 1.29 is 6.15 Å². The minimum absolute atomic E-state index is 0.312. The SMILES string of the molecule is CCCCCCCCC(CCCCC)[O][SnH]=[O]. The fourth-order valence-electron chi connectivity index (χ4n) is 2.13. The van der Waals surface area contributed by atoms with Crippen LogP contribution in [0.25, 0.3) is 0 Å². The zero-order chi connectivity index (χ0) is 12.8. The second-order valence-electron chi connectivity index (χ2n) is 4.91. The van der Waals surface area contributed by atoms with Crippen molar-refractivity contribution in [2.24, 2.45) is 0 Å². The molecule has 0 rings (SSSR count).